The molecule has 0 saturated heterocycles. The largest absolute Gasteiger partial charge is 0.508 e. The third-order valence-corrected chi connectivity index (χ3v) is 7.01. The number of rotatable bonds is 5. The lowest BCUT2D eigenvalue weighted by molar-refractivity contribution is 0.0773. The third-order valence-electron chi connectivity index (χ3n) is 7.01. The number of carbonyl (C=O) groups is 1. The van der Waals surface area contributed by atoms with Gasteiger partial charge in [0.15, 0.2) is 5.82 Å². The molecular formula is C30H27N5O2. The van der Waals surface area contributed by atoms with E-state index in [4.69, 9.17) is 0 Å². The summed E-state index contributed by atoms with van der Waals surface area (Å²) in [5, 5.41) is 18.5. The van der Waals surface area contributed by atoms with Crippen LogP contribution in [-0.4, -0.2) is 49.2 Å². The predicted octanol–water partition coefficient (Wildman–Crippen LogP) is 5.82. The summed E-state index contributed by atoms with van der Waals surface area (Å²) in [7, 11) is 0. The Balaban J connectivity index is 1.23. The minimum Gasteiger partial charge on any atom is -0.508 e. The molecule has 1 aliphatic heterocycles. The number of hydrogen-bond donors (Lipinski definition) is 3. The molecule has 0 aliphatic carbocycles. The number of amides is 1. The molecule has 6 rings (SSSR count). The number of fused-ring (bicyclic) bond motifs is 1. The maximum Gasteiger partial charge on any atom is 0.254 e. The van der Waals surface area contributed by atoms with Crippen molar-refractivity contribution >= 4 is 22.4 Å². The molecule has 0 fully saturated rings. The van der Waals surface area contributed by atoms with Crippen LogP contribution in [0.25, 0.3) is 39.1 Å². The Kier molecular flexibility index (Phi) is 5.81. The summed E-state index contributed by atoms with van der Waals surface area (Å²) in [5.41, 5.74) is 7.78. The number of benzene rings is 3. The van der Waals surface area contributed by atoms with Gasteiger partial charge in [0, 0.05) is 24.0 Å². The monoisotopic (exact) mass is 489 g/mol. The molecular weight excluding hydrogens is 462 g/mol. The van der Waals surface area contributed by atoms with Gasteiger partial charge in [-0.15, -0.1) is 0 Å². The van der Waals surface area contributed by atoms with Crippen LogP contribution in [0, 0.1) is 0 Å². The van der Waals surface area contributed by atoms with Crippen molar-refractivity contribution in [1.29, 1.82) is 0 Å². The van der Waals surface area contributed by atoms with Gasteiger partial charge in [-0.25, -0.2) is 4.98 Å². The maximum atomic E-state index is 12.7. The van der Waals surface area contributed by atoms with Crippen LogP contribution in [0.3, 0.4) is 0 Å². The van der Waals surface area contributed by atoms with E-state index in [9.17, 15) is 9.90 Å². The fraction of sp³-hybridized carbons (Fsp3) is 0.167. The summed E-state index contributed by atoms with van der Waals surface area (Å²) < 4.78 is 0. The second-order valence-corrected chi connectivity index (χ2v) is 9.27. The molecule has 184 valence electrons. The molecule has 3 heterocycles. The Labute approximate surface area is 214 Å². The number of aromatic hydroxyl groups is 1. The van der Waals surface area contributed by atoms with Gasteiger partial charge in [0.1, 0.15) is 11.4 Å². The number of imidazole rings is 1. The van der Waals surface area contributed by atoms with Crippen LogP contribution in [0.1, 0.15) is 35.0 Å². The van der Waals surface area contributed by atoms with Crippen LogP contribution < -0.4 is 0 Å². The summed E-state index contributed by atoms with van der Waals surface area (Å²) in [6.07, 6.45) is 5.53. The first-order valence-electron chi connectivity index (χ1n) is 12.5. The fourth-order valence-electron chi connectivity index (χ4n) is 4.99. The van der Waals surface area contributed by atoms with Crippen molar-refractivity contribution < 1.29 is 9.90 Å². The maximum absolute atomic E-state index is 12.7. The van der Waals surface area contributed by atoms with Crippen LogP contribution in [0.2, 0.25) is 0 Å². The molecule has 0 spiro atoms. The number of nitrogens with one attached hydrogen (secondary N) is 2. The SMILES string of the molecule is CCc1cc(O)ccc1-c1ccc2c(-c3ncc(C4=CCN(C(=O)c5ccccc5)CC4)[nH]3)n[nH]c2c1. The van der Waals surface area contributed by atoms with Crippen molar-refractivity contribution in [3.63, 3.8) is 0 Å². The van der Waals surface area contributed by atoms with E-state index < -0.39 is 0 Å². The minimum absolute atomic E-state index is 0.0573. The predicted molar refractivity (Wildman–Crippen MR) is 145 cm³/mol. The molecule has 0 saturated carbocycles. The molecule has 5 aromatic rings. The van der Waals surface area contributed by atoms with E-state index in [1.54, 1.807) is 6.07 Å². The first-order valence-corrected chi connectivity index (χ1v) is 12.5. The van der Waals surface area contributed by atoms with E-state index >= 15 is 0 Å². The van der Waals surface area contributed by atoms with Crippen molar-refractivity contribution in [2.24, 2.45) is 0 Å². The summed E-state index contributed by atoms with van der Waals surface area (Å²) in [5.74, 6) is 1.04. The fourth-order valence-corrected chi connectivity index (χ4v) is 4.99. The third kappa shape index (κ3) is 4.29. The molecule has 1 amide bonds. The summed E-state index contributed by atoms with van der Waals surface area (Å²) in [4.78, 5) is 22.7. The van der Waals surface area contributed by atoms with Gasteiger partial charge in [-0.2, -0.15) is 5.10 Å². The van der Waals surface area contributed by atoms with Crippen LogP contribution in [-0.2, 0) is 6.42 Å². The molecule has 0 radical (unpaired) electrons. The Hall–Kier alpha value is -4.65. The Bertz CT molecular complexity index is 1630. The van der Waals surface area contributed by atoms with Crippen molar-refractivity contribution in [1.82, 2.24) is 25.1 Å². The lowest BCUT2D eigenvalue weighted by Crippen LogP contribution is -2.34. The van der Waals surface area contributed by atoms with Gasteiger partial charge in [-0.1, -0.05) is 43.3 Å². The Morgan fingerprint density at radius 2 is 1.95 bits per heavy atom. The number of aromatic nitrogens is 4. The van der Waals surface area contributed by atoms with Gasteiger partial charge in [-0.3, -0.25) is 9.89 Å². The van der Waals surface area contributed by atoms with Crippen LogP contribution >= 0.6 is 0 Å². The second kappa shape index (κ2) is 9.43. The highest BCUT2D eigenvalue weighted by molar-refractivity contribution is 5.95. The normalized spacial score (nSPS) is 13.6. The van der Waals surface area contributed by atoms with Gasteiger partial charge in [0.25, 0.3) is 5.91 Å². The van der Waals surface area contributed by atoms with Gasteiger partial charge in [-0.05, 0) is 71.5 Å². The number of H-pyrrole nitrogens is 2. The van der Waals surface area contributed by atoms with E-state index in [1.165, 1.54) is 0 Å². The summed E-state index contributed by atoms with van der Waals surface area (Å²) in [6.45, 7) is 3.32. The van der Waals surface area contributed by atoms with Gasteiger partial charge in [0.2, 0.25) is 0 Å². The number of phenols is 1. The standard InChI is InChI=1S/C30H27N5O2/c1-2-19-16-23(36)9-11-24(19)22-8-10-25-26(17-22)33-34-28(25)29-31-18-27(32-29)20-12-14-35(15-13-20)30(37)21-6-4-3-5-7-21/h3-12,16-18,36H,2,13-15H2,1H3,(H,31,32)(H,33,34). The van der Waals surface area contributed by atoms with Crippen molar-refractivity contribution in [2.75, 3.05) is 13.1 Å². The van der Waals surface area contributed by atoms with Gasteiger partial charge >= 0.3 is 0 Å². The number of phenolic OH excluding ortho intramolecular Hbond substituents is 1. The Morgan fingerprint density at radius 3 is 2.73 bits per heavy atom. The zero-order valence-electron chi connectivity index (χ0n) is 20.5. The minimum atomic E-state index is 0.0573. The average molecular weight is 490 g/mol. The topological polar surface area (TPSA) is 97.9 Å². The van der Waals surface area contributed by atoms with Gasteiger partial charge < -0.3 is 15.0 Å². The van der Waals surface area contributed by atoms with Crippen molar-refractivity contribution in [3.8, 4) is 28.4 Å². The van der Waals surface area contributed by atoms with Crippen molar-refractivity contribution in [2.45, 2.75) is 19.8 Å². The molecule has 7 nitrogen and oxygen atoms in total. The van der Waals surface area contributed by atoms with E-state index in [0.717, 1.165) is 57.4 Å². The quantitative estimate of drug-likeness (QED) is 0.290. The lowest BCUT2D eigenvalue weighted by atomic mass is 9.97. The van der Waals surface area contributed by atoms with Crippen LogP contribution in [0.4, 0.5) is 0 Å². The van der Waals surface area contributed by atoms with E-state index in [-0.39, 0.29) is 11.7 Å². The van der Waals surface area contributed by atoms with E-state index in [1.807, 2.05) is 53.6 Å². The molecule has 0 bridgehead atoms. The number of carbonyl (C=O) groups excluding carboxylic acids is 1. The smallest absolute Gasteiger partial charge is 0.254 e. The highest BCUT2D eigenvalue weighted by Gasteiger charge is 2.21. The molecule has 0 unspecified atom stereocenters. The molecule has 3 aromatic carbocycles. The average Bonchev–Trinajstić information content (AvgIpc) is 3.60. The van der Waals surface area contributed by atoms with E-state index in [0.29, 0.717) is 24.5 Å². The van der Waals surface area contributed by atoms with Crippen LogP contribution in [0.5, 0.6) is 5.75 Å². The van der Waals surface area contributed by atoms with Crippen molar-refractivity contribution in [3.05, 3.63) is 95.8 Å². The first-order chi connectivity index (χ1) is 18.1. The molecule has 7 heteroatoms. The zero-order chi connectivity index (χ0) is 25.4. The number of aryl methyl sites for hydroxylation is 1. The van der Waals surface area contributed by atoms with E-state index in [2.05, 4.69) is 51.4 Å². The van der Waals surface area contributed by atoms with Crippen LogP contribution in [0.15, 0.2) is 79.0 Å². The van der Waals surface area contributed by atoms with Gasteiger partial charge in [0.05, 0.1) is 17.4 Å². The number of aromatic amines is 2. The Morgan fingerprint density at radius 1 is 1.08 bits per heavy atom. The number of nitrogens with zero attached hydrogens (tertiary/aromatic N) is 3. The lowest BCUT2D eigenvalue weighted by Gasteiger charge is -2.26. The molecule has 3 N–H and O–H groups in total. The molecule has 1 aliphatic rings. The zero-order valence-corrected chi connectivity index (χ0v) is 20.5. The molecule has 0 atom stereocenters. The highest BCUT2D eigenvalue weighted by Crippen LogP contribution is 2.33. The second-order valence-electron chi connectivity index (χ2n) is 9.27. The first kappa shape index (κ1) is 22.8. The summed E-state index contributed by atoms with van der Waals surface area (Å²) >= 11 is 0. The molecule has 37 heavy (non-hydrogen) atoms. The highest BCUT2D eigenvalue weighted by atomic mass is 16.3. The summed E-state index contributed by atoms with van der Waals surface area (Å²) in [6, 6.07) is 21.1. The molecule has 2 aromatic heterocycles. The number of hydrogen-bond acceptors (Lipinski definition) is 4.